The van der Waals surface area contributed by atoms with E-state index in [-0.39, 0.29) is 0 Å². The first-order valence-electron chi connectivity index (χ1n) is 3.01. The van der Waals surface area contributed by atoms with Gasteiger partial charge in [0.05, 0.1) is 0 Å². The molecule has 0 unspecified atom stereocenters. The molecule has 0 spiro atoms. The van der Waals surface area contributed by atoms with Gasteiger partial charge in [0, 0.05) is 20.8 Å². The molecule has 0 aliphatic rings. The summed E-state index contributed by atoms with van der Waals surface area (Å²) in [4.78, 5) is 5.45. The molecule has 0 atom stereocenters. The molecule has 1 aromatic carbocycles. The van der Waals surface area contributed by atoms with Gasteiger partial charge in [-0.25, -0.2) is 4.98 Å². The highest BCUT2D eigenvalue weighted by Gasteiger charge is 2.01. The zero-order valence-corrected chi connectivity index (χ0v) is 7.89. The number of benzene rings is 1. The number of hydrogen-bond acceptors (Lipinski definition) is 3. The molecule has 2 rings (SSSR count). The summed E-state index contributed by atoms with van der Waals surface area (Å²) < 4.78 is 5.21. The van der Waals surface area contributed by atoms with Gasteiger partial charge in [-0.1, -0.05) is 0 Å². The third-order valence-electron chi connectivity index (χ3n) is 1.35. The van der Waals surface area contributed by atoms with Gasteiger partial charge in [-0.15, -0.1) is 12.6 Å². The fourth-order valence-electron chi connectivity index (χ4n) is 0.885. The molecule has 0 fully saturated rings. The molecular formula is C7H4BrNOS. The van der Waals surface area contributed by atoms with Crippen molar-refractivity contribution in [2.24, 2.45) is 0 Å². The molecule has 0 N–H and O–H groups in total. The lowest BCUT2D eigenvalue weighted by Crippen LogP contribution is -1.66. The highest BCUT2D eigenvalue weighted by Crippen LogP contribution is 2.21. The first-order chi connectivity index (χ1) is 5.25. The molecule has 11 heavy (non-hydrogen) atoms. The van der Waals surface area contributed by atoms with E-state index in [0.717, 1.165) is 16.0 Å². The molecule has 0 aliphatic heterocycles. The molecule has 0 radical (unpaired) electrons. The third kappa shape index (κ3) is 1.28. The van der Waals surface area contributed by atoms with Crippen LogP contribution < -0.4 is 0 Å². The lowest BCUT2D eigenvalue weighted by molar-refractivity contribution is 0.570. The predicted octanol–water partition coefficient (Wildman–Crippen LogP) is 2.88. The minimum absolute atomic E-state index is 0.506. The van der Waals surface area contributed by atoms with E-state index in [0.29, 0.717) is 4.80 Å². The van der Waals surface area contributed by atoms with E-state index in [2.05, 4.69) is 33.5 Å². The highest BCUT2D eigenvalue weighted by molar-refractivity contribution is 9.10. The number of thiol groups is 1. The number of oxazole rings is 1. The Morgan fingerprint density at radius 1 is 1.45 bits per heavy atom. The van der Waals surface area contributed by atoms with Crippen LogP contribution in [0.15, 0.2) is 32.3 Å². The van der Waals surface area contributed by atoms with Crippen LogP contribution in [0.3, 0.4) is 0 Å². The highest BCUT2D eigenvalue weighted by atomic mass is 79.9. The second kappa shape index (κ2) is 2.53. The zero-order chi connectivity index (χ0) is 7.84. The van der Waals surface area contributed by atoms with Crippen molar-refractivity contribution < 1.29 is 4.42 Å². The van der Waals surface area contributed by atoms with Gasteiger partial charge in [0.2, 0.25) is 0 Å². The number of nitrogens with zero attached hydrogens (tertiary/aromatic N) is 1. The Labute approximate surface area is 77.1 Å². The van der Waals surface area contributed by atoms with Gasteiger partial charge in [0.15, 0.2) is 5.58 Å². The maximum absolute atomic E-state index is 5.21. The molecule has 0 saturated heterocycles. The van der Waals surface area contributed by atoms with Crippen molar-refractivity contribution in [2.45, 2.75) is 4.90 Å². The van der Waals surface area contributed by atoms with Crippen LogP contribution in [0.2, 0.25) is 0 Å². The largest absolute Gasteiger partial charge is 0.431 e. The Balaban J connectivity index is 2.82. The molecule has 0 amide bonds. The van der Waals surface area contributed by atoms with Gasteiger partial charge in [-0.2, -0.15) is 0 Å². The van der Waals surface area contributed by atoms with Crippen molar-refractivity contribution in [3.63, 3.8) is 0 Å². The molecule has 56 valence electrons. The van der Waals surface area contributed by atoms with Crippen molar-refractivity contribution in [2.75, 3.05) is 0 Å². The Bertz CT molecular complexity index is 398. The van der Waals surface area contributed by atoms with Crippen molar-refractivity contribution >= 4 is 39.7 Å². The topological polar surface area (TPSA) is 26.0 Å². The lowest BCUT2D eigenvalue weighted by atomic mass is 10.3. The minimum atomic E-state index is 0.506. The SMILES string of the molecule is Sc1ccc2nc(Br)oc2c1. The summed E-state index contributed by atoms with van der Waals surface area (Å²) in [6.45, 7) is 0. The summed E-state index contributed by atoms with van der Waals surface area (Å²) in [5.74, 6) is 0. The van der Waals surface area contributed by atoms with E-state index < -0.39 is 0 Å². The van der Waals surface area contributed by atoms with Gasteiger partial charge in [-0.3, -0.25) is 0 Å². The fraction of sp³-hybridized carbons (Fsp3) is 0. The smallest absolute Gasteiger partial charge is 0.265 e. The Kier molecular flexibility index (Phi) is 1.65. The van der Waals surface area contributed by atoms with Crippen LogP contribution in [0.25, 0.3) is 11.1 Å². The molecule has 1 aromatic heterocycles. The standard InChI is InChI=1S/C7H4BrNOS/c8-7-9-5-2-1-4(11)3-6(5)10-7/h1-3,11H. The minimum Gasteiger partial charge on any atom is -0.431 e. The molecule has 0 bridgehead atoms. The molecular weight excluding hydrogens is 226 g/mol. The van der Waals surface area contributed by atoms with Crippen LogP contribution in [0.5, 0.6) is 0 Å². The summed E-state index contributed by atoms with van der Waals surface area (Å²) in [6, 6.07) is 5.57. The molecule has 2 nitrogen and oxygen atoms in total. The number of hydrogen-bond donors (Lipinski definition) is 1. The van der Waals surface area contributed by atoms with Gasteiger partial charge >= 0.3 is 0 Å². The van der Waals surface area contributed by atoms with E-state index in [1.807, 2.05) is 18.2 Å². The first-order valence-corrected chi connectivity index (χ1v) is 4.25. The van der Waals surface area contributed by atoms with E-state index in [1.165, 1.54) is 0 Å². The Morgan fingerprint density at radius 3 is 3.09 bits per heavy atom. The zero-order valence-electron chi connectivity index (χ0n) is 5.41. The third-order valence-corrected chi connectivity index (χ3v) is 1.96. The average molecular weight is 230 g/mol. The molecule has 2 aromatic rings. The molecule has 0 aliphatic carbocycles. The van der Waals surface area contributed by atoms with Crippen LogP contribution in [-0.2, 0) is 0 Å². The van der Waals surface area contributed by atoms with Crippen molar-refractivity contribution in [3.8, 4) is 0 Å². The van der Waals surface area contributed by atoms with E-state index >= 15 is 0 Å². The second-order valence-corrected chi connectivity index (χ2v) is 3.31. The first kappa shape index (κ1) is 7.18. The van der Waals surface area contributed by atoms with Crippen LogP contribution >= 0.6 is 28.6 Å². The van der Waals surface area contributed by atoms with Crippen molar-refractivity contribution in [3.05, 3.63) is 23.0 Å². The molecule has 1 heterocycles. The van der Waals surface area contributed by atoms with Crippen molar-refractivity contribution in [1.29, 1.82) is 0 Å². The molecule has 0 saturated carbocycles. The van der Waals surface area contributed by atoms with Gasteiger partial charge < -0.3 is 4.42 Å². The number of halogens is 1. The van der Waals surface area contributed by atoms with Crippen LogP contribution in [0.1, 0.15) is 0 Å². The summed E-state index contributed by atoms with van der Waals surface area (Å²) in [7, 11) is 0. The van der Waals surface area contributed by atoms with E-state index in [1.54, 1.807) is 0 Å². The summed E-state index contributed by atoms with van der Waals surface area (Å²) in [5, 5.41) is 0. The van der Waals surface area contributed by atoms with Crippen LogP contribution in [0, 0.1) is 0 Å². The van der Waals surface area contributed by atoms with Crippen molar-refractivity contribution in [1.82, 2.24) is 4.98 Å². The lowest BCUT2D eigenvalue weighted by Gasteiger charge is -1.86. The van der Waals surface area contributed by atoms with Gasteiger partial charge in [0.25, 0.3) is 4.80 Å². The average Bonchev–Trinajstić information content (AvgIpc) is 2.27. The maximum Gasteiger partial charge on any atom is 0.265 e. The monoisotopic (exact) mass is 229 g/mol. The van der Waals surface area contributed by atoms with Gasteiger partial charge in [-0.05, 0) is 18.2 Å². The maximum atomic E-state index is 5.21. The summed E-state index contributed by atoms with van der Waals surface area (Å²) in [6.07, 6.45) is 0. The Morgan fingerprint density at radius 2 is 2.27 bits per heavy atom. The number of aromatic nitrogens is 1. The van der Waals surface area contributed by atoms with Gasteiger partial charge in [0.1, 0.15) is 5.52 Å². The van der Waals surface area contributed by atoms with E-state index in [4.69, 9.17) is 4.42 Å². The van der Waals surface area contributed by atoms with Crippen LogP contribution in [-0.4, -0.2) is 4.98 Å². The summed E-state index contributed by atoms with van der Waals surface area (Å²) in [5.41, 5.74) is 1.60. The fourth-order valence-corrected chi connectivity index (χ4v) is 1.44. The Hall–Kier alpha value is -0.480. The second-order valence-electron chi connectivity index (χ2n) is 2.12. The normalized spacial score (nSPS) is 10.7. The molecule has 4 heteroatoms. The summed E-state index contributed by atoms with van der Waals surface area (Å²) >= 11 is 7.31. The van der Waals surface area contributed by atoms with Crippen LogP contribution in [0.4, 0.5) is 0 Å². The predicted molar refractivity (Wildman–Crippen MR) is 49.0 cm³/mol. The van der Waals surface area contributed by atoms with E-state index in [9.17, 15) is 0 Å². The number of fused-ring (bicyclic) bond motifs is 1. The number of rotatable bonds is 0. The quantitative estimate of drug-likeness (QED) is 0.704.